The molecule has 2 aliphatic rings. The first-order valence-corrected chi connectivity index (χ1v) is 9.88. The summed E-state index contributed by atoms with van der Waals surface area (Å²) < 4.78 is 19.3. The van der Waals surface area contributed by atoms with E-state index in [1.165, 1.54) is 23.2 Å². The molecule has 1 atom stereocenters. The van der Waals surface area contributed by atoms with Crippen molar-refractivity contribution in [2.45, 2.75) is 18.9 Å². The maximum absolute atomic E-state index is 13.2. The van der Waals surface area contributed by atoms with Crippen LogP contribution in [0.15, 0.2) is 10.9 Å². The van der Waals surface area contributed by atoms with E-state index in [0.717, 1.165) is 24.1 Å². The predicted molar refractivity (Wildman–Crippen MR) is 110 cm³/mol. The van der Waals surface area contributed by atoms with E-state index in [1.807, 2.05) is 18.0 Å². The zero-order valence-corrected chi connectivity index (χ0v) is 18.0. The number of rotatable bonds is 4. The third-order valence-electron chi connectivity index (χ3n) is 5.84. The molecule has 0 saturated heterocycles. The highest BCUT2D eigenvalue weighted by Crippen LogP contribution is 2.50. The first-order valence-electron chi connectivity index (χ1n) is 9.48. The number of aromatic nitrogens is 2. The SMILES string of the molecule is COc1c2c(cc3c1C(CC(=O)c1c(O)n(C)c(=S)n(C)c1=O)N(C)CC3)OCO2. The number of aromatic hydroxyl groups is 1. The van der Waals surface area contributed by atoms with Gasteiger partial charge in [0.05, 0.1) is 7.11 Å². The Bertz CT molecular complexity index is 1170. The van der Waals surface area contributed by atoms with Crippen molar-refractivity contribution >= 4 is 18.0 Å². The predicted octanol–water partition coefficient (Wildman–Crippen LogP) is 1.70. The average Bonchev–Trinajstić information content (AvgIpc) is 3.19. The molecule has 0 spiro atoms. The Hall–Kier alpha value is -2.85. The van der Waals surface area contributed by atoms with Gasteiger partial charge in [-0.05, 0) is 37.3 Å². The van der Waals surface area contributed by atoms with Gasteiger partial charge in [-0.25, -0.2) is 0 Å². The first-order chi connectivity index (χ1) is 14.3. The van der Waals surface area contributed by atoms with E-state index in [2.05, 4.69) is 0 Å². The molecule has 0 saturated carbocycles. The number of hydrogen-bond donors (Lipinski definition) is 1. The van der Waals surface area contributed by atoms with Crippen molar-refractivity contribution in [1.82, 2.24) is 14.0 Å². The number of hydrogen-bond acceptors (Lipinski definition) is 8. The lowest BCUT2D eigenvalue weighted by atomic mass is 9.87. The fourth-order valence-electron chi connectivity index (χ4n) is 4.14. The molecular weight excluding hydrogens is 410 g/mol. The zero-order chi connectivity index (χ0) is 21.7. The number of fused-ring (bicyclic) bond motifs is 2. The highest BCUT2D eigenvalue weighted by Gasteiger charge is 2.36. The Morgan fingerprint density at radius 2 is 2.03 bits per heavy atom. The van der Waals surface area contributed by atoms with Gasteiger partial charge in [0.2, 0.25) is 18.4 Å². The molecule has 9 nitrogen and oxygen atoms in total. The van der Waals surface area contributed by atoms with Crippen molar-refractivity contribution in [1.29, 1.82) is 0 Å². The van der Waals surface area contributed by atoms with Crippen LogP contribution in [0.4, 0.5) is 0 Å². The second-order valence-electron chi connectivity index (χ2n) is 7.49. The molecule has 2 aliphatic heterocycles. The summed E-state index contributed by atoms with van der Waals surface area (Å²) in [5.41, 5.74) is 0.964. The molecule has 30 heavy (non-hydrogen) atoms. The van der Waals surface area contributed by atoms with Gasteiger partial charge in [-0.3, -0.25) is 23.6 Å². The molecule has 160 valence electrons. The zero-order valence-electron chi connectivity index (χ0n) is 17.2. The van der Waals surface area contributed by atoms with Crippen LogP contribution >= 0.6 is 12.2 Å². The van der Waals surface area contributed by atoms with Gasteiger partial charge in [-0.1, -0.05) is 0 Å². The summed E-state index contributed by atoms with van der Waals surface area (Å²) in [5, 5.41) is 10.5. The minimum absolute atomic E-state index is 0.0148. The van der Waals surface area contributed by atoms with Gasteiger partial charge in [-0.15, -0.1) is 0 Å². The Morgan fingerprint density at radius 1 is 1.30 bits per heavy atom. The fraction of sp³-hybridized carbons (Fsp3) is 0.450. The monoisotopic (exact) mass is 433 g/mol. The van der Waals surface area contributed by atoms with Crippen LogP contribution in [0.25, 0.3) is 0 Å². The number of ketones is 1. The summed E-state index contributed by atoms with van der Waals surface area (Å²) in [5.74, 6) is 0.782. The summed E-state index contributed by atoms with van der Waals surface area (Å²) in [7, 11) is 6.45. The molecule has 0 bridgehead atoms. The van der Waals surface area contributed by atoms with Gasteiger partial charge in [0.1, 0.15) is 5.56 Å². The maximum Gasteiger partial charge on any atom is 0.268 e. The number of nitrogens with zero attached hydrogens (tertiary/aromatic N) is 3. The third-order valence-corrected chi connectivity index (χ3v) is 6.39. The third kappa shape index (κ3) is 2.98. The highest BCUT2D eigenvalue weighted by atomic mass is 32.1. The Labute approximate surface area is 178 Å². The summed E-state index contributed by atoms with van der Waals surface area (Å²) >= 11 is 5.13. The lowest BCUT2D eigenvalue weighted by molar-refractivity contribution is 0.0919. The molecule has 2 aromatic rings. The molecule has 0 aliphatic carbocycles. The van der Waals surface area contributed by atoms with Crippen LogP contribution in [-0.4, -0.2) is 52.4 Å². The molecule has 3 heterocycles. The van der Waals surface area contributed by atoms with E-state index in [-0.39, 0.29) is 29.6 Å². The highest BCUT2D eigenvalue weighted by molar-refractivity contribution is 7.71. The molecular formula is C20H23N3O6S. The lowest BCUT2D eigenvalue weighted by Gasteiger charge is -2.35. The van der Waals surface area contributed by atoms with Crippen molar-refractivity contribution in [3.63, 3.8) is 0 Å². The molecule has 1 N–H and O–H groups in total. The van der Waals surface area contributed by atoms with Gasteiger partial charge in [-0.2, -0.15) is 0 Å². The topological polar surface area (TPSA) is 95.2 Å². The molecule has 1 unspecified atom stereocenters. The second kappa shape index (κ2) is 7.44. The van der Waals surface area contributed by atoms with Crippen LogP contribution in [0, 0.1) is 4.77 Å². The summed E-state index contributed by atoms with van der Waals surface area (Å²) in [6.07, 6.45) is 0.745. The number of carbonyl (C=O) groups excluding carboxylic acids is 1. The Kier molecular flexibility index (Phi) is 5.07. The first kappa shape index (κ1) is 20.4. The van der Waals surface area contributed by atoms with E-state index in [4.69, 9.17) is 26.4 Å². The summed E-state index contributed by atoms with van der Waals surface area (Å²) in [6.45, 7) is 0.832. The van der Waals surface area contributed by atoms with Crippen molar-refractivity contribution in [2.24, 2.45) is 14.1 Å². The van der Waals surface area contributed by atoms with Gasteiger partial charge < -0.3 is 19.3 Å². The smallest absolute Gasteiger partial charge is 0.268 e. The Morgan fingerprint density at radius 3 is 2.73 bits per heavy atom. The molecule has 1 aromatic carbocycles. The van der Waals surface area contributed by atoms with Gasteiger partial charge >= 0.3 is 0 Å². The lowest BCUT2D eigenvalue weighted by Crippen LogP contribution is -2.35. The van der Waals surface area contributed by atoms with Crippen LogP contribution in [0.5, 0.6) is 23.1 Å². The number of benzene rings is 1. The van der Waals surface area contributed by atoms with Gasteiger partial charge in [0.25, 0.3) is 5.56 Å². The fourth-order valence-corrected chi connectivity index (χ4v) is 4.31. The number of ether oxygens (including phenoxy) is 3. The molecule has 10 heteroatoms. The minimum Gasteiger partial charge on any atom is -0.494 e. The van der Waals surface area contributed by atoms with Crippen LogP contribution in [0.2, 0.25) is 0 Å². The second-order valence-corrected chi connectivity index (χ2v) is 7.86. The van der Waals surface area contributed by atoms with Crippen LogP contribution in [-0.2, 0) is 20.5 Å². The van der Waals surface area contributed by atoms with Crippen molar-refractivity contribution in [2.75, 3.05) is 27.5 Å². The van der Waals surface area contributed by atoms with Crippen LogP contribution in [0.1, 0.15) is 33.9 Å². The minimum atomic E-state index is -0.614. The summed E-state index contributed by atoms with van der Waals surface area (Å²) in [4.78, 5) is 27.9. The van der Waals surface area contributed by atoms with E-state index in [0.29, 0.717) is 17.2 Å². The largest absolute Gasteiger partial charge is 0.494 e. The standard InChI is InChI=1S/C20H23N3O6S/c1-21-6-5-10-7-13-16(29-9-28-13)17(27-4)14(10)11(21)8-12(24)15-18(25)22(2)20(30)23(3)19(15)26/h7,11,25H,5-6,8-9H2,1-4H3. The number of Topliss-reactive ketones (excluding diaryl/α,β-unsaturated/α-hetero) is 1. The molecule has 0 radical (unpaired) electrons. The molecule has 0 amide bonds. The number of carbonyl (C=O) groups is 1. The number of methoxy groups -OCH3 is 1. The van der Waals surface area contributed by atoms with E-state index >= 15 is 0 Å². The van der Waals surface area contributed by atoms with E-state index in [1.54, 1.807) is 7.11 Å². The van der Waals surface area contributed by atoms with Crippen molar-refractivity contribution in [3.8, 4) is 23.1 Å². The van der Waals surface area contributed by atoms with E-state index < -0.39 is 17.2 Å². The number of likely N-dealkylation sites (N-methyl/N-ethyl adjacent to an activating group) is 1. The van der Waals surface area contributed by atoms with Gasteiger partial charge in [0, 0.05) is 38.7 Å². The quantitative estimate of drug-likeness (QED) is 0.575. The van der Waals surface area contributed by atoms with Crippen LogP contribution in [0.3, 0.4) is 0 Å². The van der Waals surface area contributed by atoms with E-state index in [9.17, 15) is 14.7 Å². The average molecular weight is 433 g/mol. The normalized spacial score (nSPS) is 17.7. The van der Waals surface area contributed by atoms with Gasteiger partial charge in [0.15, 0.2) is 22.1 Å². The van der Waals surface area contributed by atoms with Crippen molar-refractivity contribution < 1.29 is 24.1 Å². The Balaban J connectivity index is 1.80. The summed E-state index contributed by atoms with van der Waals surface area (Å²) in [6, 6.07) is 1.57. The molecule has 1 aromatic heterocycles. The molecule has 4 rings (SSSR count). The molecule has 0 fully saturated rings. The van der Waals surface area contributed by atoms with Crippen LogP contribution < -0.4 is 19.8 Å². The maximum atomic E-state index is 13.2. The van der Waals surface area contributed by atoms with Crippen molar-refractivity contribution in [3.05, 3.63) is 37.9 Å².